The molecule has 0 atom stereocenters. The molecule has 2 N–H and O–H groups in total. The summed E-state index contributed by atoms with van der Waals surface area (Å²) < 4.78 is 7.45. The largest absolute Gasteiger partial charge is 0.409 e. The minimum absolute atomic E-state index is 0.406. The third-order valence-corrected chi connectivity index (χ3v) is 5.15. The maximum Gasteiger partial charge on any atom is 0.292 e. The molecule has 0 aliphatic carbocycles. The van der Waals surface area contributed by atoms with E-state index in [0.717, 1.165) is 31.7 Å². The van der Waals surface area contributed by atoms with Gasteiger partial charge in [-0.05, 0) is 36.5 Å². The van der Waals surface area contributed by atoms with Crippen molar-refractivity contribution in [2.24, 2.45) is 0 Å². The fourth-order valence-corrected chi connectivity index (χ4v) is 3.47. The van der Waals surface area contributed by atoms with E-state index in [9.17, 15) is 0 Å². The molecular formula is C18H20ClN5OS+2. The average Bonchev–Trinajstić information content (AvgIpc) is 3.04. The fourth-order valence-electron chi connectivity index (χ4n) is 3.16. The van der Waals surface area contributed by atoms with Gasteiger partial charge >= 0.3 is 0 Å². The van der Waals surface area contributed by atoms with E-state index >= 15 is 0 Å². The summed E-state index contributed by atoms with van der Waals surface area (Å²) in [6.45, 7) is 4.79. The first kappa shape index (κ1) is 17.2. The van der Waals surface area contributed by atoms with Gasteiger partial charge in [0.05, 0.1) is 26.2 Å². The quantitative estimate of drug-likeness (QED) is 0.690. The van der Waals surface area contributed by atoms with E-state index < -0.39 is 0 Å². The molecule has 2 aromatic heterocycles. The number of anilines is 1. The van der Waals surface area contributed by atoms with Crippen molar-refractivity contribution in [2.75, 3.05) is 31.1 Å². The van der Waals surface area contributed by atoms with Crippen molar-refractivity contribution in [2.45, 2.75) is 6.67 Å². The number of aromatic amines is 1. The maximum atomic E-state index is 5.93. The molecule has 0 spiro atoms. The Kier molecular flexibility index (Phi) is 5.01. The molecule has 1 aliphatic rings. The van der Waals surface area contributed by atoms with Crippen LogP contribution in [0.15, 0.2) is 53.2 Å². The lowest BCUT2D eigenvalue weighted by molar-refractivity contribution is -0.924. The van der Waals surface area contributed by atoms with Crippen LogP contribution in [0.4, 0.5) is 5.69 Å². The topological polar surface area (TPSA) is 52.8 Å². The van der Waals surface area contributed by atoms with Crippen LogP contribution < -0.4 is 14.8 Å². The van der Waals surface area contributed by atoms with Gasteiger partial charge in [-0.25, -0.2) is 4.98 Å². The number of rotatable bonds is 4. The van der Waals surface area contributed by atoms with Crippen LogP contribution in [-0.2, 0) is 6.67 Å². The first-order valence-electron chi connectivity index (χ1n) is 8.57. The highest BCUT2D eigenvalue weighted by atomic mass is 35.5. The Hall–Kier alpha value is -2.22. The molecule has 0 radical (unpaired) electrons. The lowest BCUT2D eigenvalue weighted by Crippen LogP contribution is -3.14. The smallest absolute Gasteiger partial charge is 0.292 e. The second-order valence-electron chi connectivity index (χ2n) is 6.33. The number of nitrogens with zero attached hydrogens (tertiary/aromatic N) is 3. The van der Waals surface area contributed by atoms with Crippen LogP contribution >= 0.6 is 23.8 Å². The Morgan fingerprint density at radius 2 is 1.81 bits per heavy atom. The molecule has 1 aromatic carbocycles. The summed E-state index contributed by atoms with van der Waals surface area (Å²) in [6.07, 6.45) is 3.92. The molecule has 6 nitrogen and oxygen atoms in total. The summed E-state index contributed by atoms with van der Waals surface area (Å²) in [5.41, 5.74) is 2.13. The van der Waals surface area contributed by atoms with Crippen LogP contribution in [-0.4, -0.2) is 36.0 Å². The van der Waals surface area contributed by atoms with Crippen LogP contribution in [0.25, 0.3) is 11.5 Å². The van der Waals surface area contributed by atoms with Crippen molar-refractivity contribution < 1.29 is 14.3 Å². The molecule has 4 rings (SSSR count). The van der Waals surface area contributed by atoms with Crippen molar-refractivity contribution in [3.8, 4) is 11.5 Å². The van der Waals surface area contributed by atoms with Gasteiger partial charge in [0, 0.05) is 28.4 Å². The molecule has 0 amide bonds. The zero-order valence-corrected chi connectivity index (χ0v) is 15.8. The Morgan fingerprint density at radius 3 is 2.50 bits per heavy atom. The number of nitrogens with one attached hydrogen (secondary N) is 2. The molecule has 8 heteroatoms. The summed E-state index contributed by atoms with van der Waals surface area (Å²) in [4.78, 5) is 7.31. The van der Waals surface area contributed by atoms with E-state index in [-0.39, 0.29) is 0 Å². The third kappa shape index (κ3) is 3.80. The van der Waals surface area contributed by atoms with Gasteiger partial charge in [0.2, 0.25) is 5.89 Å². The molecule has 3 heterocycles. The molecule has 0 bridgehead atoms. The number of benzene rings is 1. The number of piperazine rings is 1. The monoisotopic (exact) mass is 389 g/mol. The first-order valence-corrected chi connectivity index (χ1v) is 9.36. The van der Waals surface area contributed by atoms with E-state index in [1.165, 1.54) is 10.6 Å². The van der Waals surface area contributed by atoms with Crippen LogP contribution in [0, 0.1) is 4.84 Å². The number of halogens is 1. The first-order chi connectivity index (χ1) is 12.7. The Bertz CT molecular complexity index is 917. The van der Waals surface area contributed by atoms with E-state index in [2.05, 4.69) is 27.1 Å². The van der Waals surface area contributed by atoms with Crippen LogP contribution in [0.3, 0.4) is 0 Å². The standard InChI is InChI=1S/C18H18ClN5OS/c19-15-3-1-14(2-4-15)17-21-24(18(26)25-17)13-22-9-11-23(12-10-22)16-5-7-20-8-6-16/h1-8H,9-13H2/p+2. The summed E-state index contributed by atoms with van der Waals surface area (Å²) in [7, 11) is 0. The molecule has 0 unspecified atom stereocenters. The van der Waals surface area contributed by atoms with E-state index in [4.69, 9.17) is 28.2 Å². The molecule has 0 saturated carbocycles. The number of H-pyrrole nitrogens is 1. The van der Waals surface area contributed by atoms with Gasteiger partial charge in [-0.15, -0.1) is 5.10 Å². The third-order valence-electron chi connectivity index (χ3n) is 4.61. The molecule has 26 heavy (non-hydrogen) atoms. The Labute approximate surface area is 161 Å². The highest BCUT2D eigenvalue weighted by molar-refractivity contribution is 7.71. The number of aromatic nitrogens is 3. The van der Waals surface area contributed by atoms with Gasteiger partial charge in [-0.2, -0.15) is 4.68 Å². The number of quaternary nitrogens is 1. The minimum atomic E-state index is 0.406. The normalized spacial score (nSPS) is 15.3. The predicted molar refractivity (Wildman–Crippen MR) is 102 cm³/mol. The summed E-state index contributed by atoms with van der Waals surface area (Å²) >= 11 is 11.3. The van der Waals surface area contributed by atoms with E-state index in [0.29, 0.717) is 22.4 Å². The summed E-state index contributed by atoms with van der Waals surface area (Å²) in [5.74, 6) is 0.533. The minimum Gasteiger partial charge on any atom is -0.409 e. The maximum absolute atomic E-state index is 5.93. The Morgan fingerprint density at radius 1 is 1.12 bits per heavy atom. The second kappa shape index (κ2) is 7.57. The van der Waals surface area contributed by atoms with Crippen molar-refractivity contribution in [3.05, 3.63) is 58.7 Å². The van der Waals surface area contributed by atoms with E-state index in [1.54, 1.807) is 4.68 Å². The van der Waals surface area contributed by atoms with Crippen LogP contribution in [0.1, 0.15) is 0 Å². The molecule has 1 saturated heterocycles. The number of pyridine rings is 1. The van der Waals surface area contributed by atoms with E-state index in [1.807, 2.05) is 36.7 Å². The fraction of sp³-hybridized carbons (Fsp3) is 0.278. The summed E-state index contributed by atoms with van der Waals surface area (Å²) in [6, 6.07) is 11.6. The Balaban J connectivity index is 1.41. The van der Waals surface area contributed by atoms with Gasteiger partial charge in [-0.3, -0.25) is 0 Å². The predicted octanol–water partition coefficient (Wildman–Crippen LogP) is 1.70. The molecule has 3 aromatic rings. The lowest BCUT2D eigenvalue weighted by atomic mass is 10.2. The number of hydrogen-bond donors (Lipinski definition) is 1. The molecule has 134 valence electrons. The van der Waals surface area contributed by atoms with Crippen molar-refractivity contribution in [1.29, 1.82) is 0 Å². The van der Waals surface area contributed by atoms with Gasteiger partial charge in [0.15, 0.2) is 19.1 Å². The van der Waals surface area contributed by atoms with Crippen molar-refractivity contribution >= 4 is 29.5 Å². The highest BCUT2D eigenvalue weighted by Crippen LogP contribution is 2.20. The van der Waals surface area contributed by atoms with Crippen molar-refractivity contribution in [1.82, 2.24) is 9.78 Å². The second-order valence-corrected chi connectivity index (χ2v) is 7.12. The zero-order valence-electron chi connectivity index (χ0n) is 14.2. The molecule has 1 aliphatic heterocycles. The van der Waals surface area contributed by atoms with Gasteiger partial charge in [0.1, 0.15) is 0 Å². The van der Waals surface area contributed by atoms with Crippen LogP contribution in [0.2, 0.25) is 5.02 Å². The molecule has 1 fully saturated rings. The van der Waals surface area contributed by atoms with Crippen molar-refractivity contribution in [3.63, 3.8) is 0 Å². The van der Waals surface area contributed by atoms with Gasteiger partial charge in [-0.1, -0.05) is 11.6 Å². The van der Waals surface area contributed by atoms with Gasteiger partial charge in [0.25, 0.3) is 4.84 Å². The molecular weight excluding hydrogens is 370 g/mol. The highest BCUT2D eigenvalue weighted by Gasteiger charge is 2.22. The number of hydrogen-bond acceptors (Lipinski definition) is 4. The zero-order chi connectivity index (χ0) is 17.9. The summed E-state index contributed by atoms with van der Waals surface area (Å²) in [5, 5.41) is 5.23. The van der Waals surface area contributed by atoms with Crippen LogP contribution in [0.5, 0.6) is 0 Å². The van der Waals surface area contributed by atoms with Gasteiger partial charge < -0.3 is 14.2 Å². The lowest BCUT2D eigenvalue weighted by Gasteiger charge is -2.32. The average molecular weight is 390 g/mol. The SMILES string of the molecule is S=c1oc(-c2ccc(Cl)cc2)nn1C[NH+]1CCN(c2cc[nH+]cc2)CC1.